The lowest BCUT2D eigenvalue weighted by atomic mass is 9.82. The van der Waals surface area contributed by atoms with Crippen LogP contribution in [-0.2, 0) is 0 Å². The molecule has 2 fully saturated rings. The molecular weight excluding hydrogens is 124 g/mol. The topological polar surface area (TPSA) is 24.1 Å². The van der Waals surface area contributed by atoms with Crippen LogP contribution in [0.2, 0.25) is 0 Å². The van der Waals surface area contributed by atoms with E-state index < -0.39 is 0 Å². The van der Waals surface area contributed by atoms with E-state index in [1.54, 1.807) is 0 Å². The molecule has 2 unspecified atom stereocenters. The van der Waals surface area contributed by atoms with Gasteiger partial charge in [0.25, 0.3) is 0 Å². The van der Waals surface area contributed by atoms with E-state index in [1.165, 1.54) is 24.8 Å². The van der Waals surface area contributed by atoms with Crippen molar-refractivity contribution in [3.05, 3.63) is 12.2 Å². The highest BCUT2D eigenvalue weighted by molar-refractivity contribution is 5.10. The molecule has 2 nitrogen and oxygen atoms in total. The highest BCUT2D eigenvalue weighted by atomic mass is 15.4. The maximum atomic E-state index is 4.08. The van der Waals surface area contributed by atoms with Crippen molar-refractivity contribution >= 4 is 0 Å². The normalized spacial score (nSPS) is 39.8. The van der Waals surface area contributed by atoms with E-state index in [0.29, 0.717) is 12.0 Å². The Balaban J connectivity index is 2.10. The Morgan fingerprint density at radius 2 is 2.40 bits per heavy atom. The van der Waals surface area contributed by atoms with Crippen molar-refractivity contribution in [2.24, 2.45) is 5.92 Å². The molecule has 2 aliphatic rings. The van der Waals surface area contributed by atoms with Crippen LogP contribution >= 0.6 is 0 Å². The highest BCUT2D eigenvalue weighted by Crippen LogP contribution is 2.29. The Bertz CT molecular complexity index is 153. The van der Waals surface area contributed by atoms with Gasteiger partial charge in [0.15, 0.2) is 0 Å². The molecule has 1 saturated carbocycles. The monoisotopic (exact) mass is 138 g/mol. The van der Waals surface area contributed by atoms with Gasteiger partial charge in [-0.25, -0.2) is 0 Å². The Morgan fingerprint density at radius 3 is 3.20 bits per heavy atom. The summed E-state index contributed by atoms with van der Waals surface area (Å²) in [6.45, 7) is 5.16. The molecule has 2 N–H and O–H groups in total. The molecule has 0 spiro atoms. The number of rotatable bonds is 0. The number of hydrogen-bond acceptors (Lipinski definition) is 2. The van der Waals surface area contributed by atoms with Gasteiger partial charge in [-0.2, -0.15) is 0 Å². The van der Waals surface area contributed by atoms with Crippen molar-refractivity contribution in [2.75, 3.05) is 6.54 Å². The molecule has 0 radical (unpaired) electrons. The second-order valence-electron chi connectivity index (χ2n) is 3.29. The largest absolute Gasteiger partial charge is 0.257 e. The predicted octanol–water partition coefficient (Wildman–Crippen LogP) is 0.819. The van der Waals surface area contributed by atoms with Gasteiger partial charge in [-0.15, -0.1) is 0 Å². The van der Waals surface area contributed by atoms with Crippen LogP contribution < -0.4 is 10.9 Å². The summed E-state index contributed by atoms with van der Waals surface area (Å²) in [5.74, 6) is 0.716. The molecule has 1 aliphatic carbocycles. The van der Waals surface area contributed by atoms with Gasteiger partial charge in [-0.1, -0.05) is 12.2 Å². The standard InChI is InChI=1S/C8H14N2/c1-6-3-2-4-8-7(6)5-9-10-8/h7-10H,1-5H2. The Labute approximate surface area is 61.7 Å². The summed E-state index contributed by atoms with van der Waals surface area (Å²) in [5, 5.41) is 0. The van der Waals surface area contributed by atoms with Crippen molar-refractivity contribution in [2.45, 2.75) is 25.3 Å². The molecule has 2 heteroatoms. The zero-order valence-corrected chi connectivity index (χ0v) is 6.19. The van der Waals surface area contributed by atoms with Crippen molar-refractivity contribution in [1.82, 2.24) is 10.9 Å². The fourth-order valence-corrected chi connectivity index (χ4v) is 1.98. The Morgan fingerprint density at radius 1 is 1.50 bits per heavy atom. The third-order valence-electron chi connectivity index (χ3n) is 2.63. The first-order valence-corrected chi connectivity index (χ1v) is 4.04. The third-order valence-corrected chi connectivity index (χ3v) is 2.63. The summed E-state index contributed by atoms with van der Waals surface area (Å²) >= 11 is 0. The zero-order valence-electron chi connectivity index (χ0n) is 6.19. The number of hydrazine groups is 1. The minimum atomic E-state index is 0.682. The molecule has 1 heterocycles. The van der Waals surface area contributed by atoms with E-state index in [9.17, 15) is 0 Å². The molecule has 0 aromatic rings. The summed E-state index contributed by atoms with van der Waals surface area (Å²) in [4.78, 5) is 0. The SMILES string of the molecule is C=C1CCCC2NNCC12. The highest BCUT2D eigenvalue weighted by Gasteiger charge is 2.31. The first-order chi connectivity index (χ1) is 4.88. The fourth-order valence-electron chi connectivity index (χ4n) is 1.98. The van der Waals surface area contributed by atoms with E-state index in [2.05, 4.69) is 17.4 Å². The molecule has 0 amide bonds. The smallest absolute Gasteiger partial charge is 0.0291 e. The Kier molecular flexibility index (Phi) is 1.51. The molecule has 1 aliphatic heterocycles. The van der Waals surface area contributed by atoms with Gasteiger partial charge in [0.05, 0.1) is 0 Å². The number of hydrogen-bond donors (Lipinski definition) is 2. The lowest BCUT2D eigenvalue weighted by molar-refractivity contribution is 0.408. The summed E-state index contributed by atoms with van der Waals surface area (Å²) in [6, 6.07) is 0.682. The van der Waals surface area contributed by atoms with E-state index in [0.717, 1.165) is 6.54 Å². The van der Waals surface area contributed by atoms with Gasteiger partial charge in [-0.3, -0.25) is 10.9 Å². The lowest BCUT2D eigenvalue weighted by Crippen LogP contribution is -2.33. The molecule has 2 rings (SSSR count). The molecule has 1 saturated heterocycles. The first kappa shape index (κ1) is 6.38. The first-order valence-electron chi connectivity index (χ1n) is 4.04. The van der Waals surface area contributed by atoms with E-state index in [-0.39, 0.29) is 0 Å². The second kappa shape index (κ2) is 2.36. The van der Waals surface area contributed by atoms with Crippen LogP contribution in [0.5, 0.6) is 0 Å². The summed E-state index contributed by atoms with van der Waals surface area (Å²) < 4.78 is 0. The Hall–Kier alpha value is -0.340. The predicted molar refractivity (Wildman–Crippen MR) is 41.4 cm³/mol. The van der Waals surface area contributed by atoms with Gasteiger partial charge in [0, 0.05) is 18.5 Å². The molecule has 0 aromatic carbocycles. The summed E-state index contributed by atoms with van der Waals surface area (Å²) in [6.07, 6.45) is 3.87. The quantitative estimate of drug-likeness (QED) is 0.484. The fraction of sp³-hybridized carbons (Fsp3) is 0.750. The van der Waals surface area contributed by atoms with Crippen molar-refractivity contribution in [3.63, 3.8) is 0 Å². The molecule has 2 atom stereocenters. The zero-order chi connectivity index (χ0) is 6.97. The molecule has 56 valence electrons. The number of nitrogens with one attached hydrogen (secondary N) is 2. The van der Waals surface area contributed by atoms with Crippen molar-refractivity contribution < 1.29 is 0 Å². The molecule has 0 bridgehead atoms. The maximum absolute atomic E-state index is 4.08. The van der Waals surface area contributed by atoms with Gasteiger partial charge < -0.3 is 0 Å². The van der Waals surface area contributed by atoms with Crippen LogP contribution in [0.3, 0.4) is 0 Å². The second-order valence-corrected chi connectivity index (χ2v) is 3.29. The van der Waals surface area contributed by atoms with Gasteiger partial charge >= 0.3 is 0 Å². The number of fused-ring (bicyclic) bond motifs is 1. The summed E-state index contributed by atoms with van der Waals surface area (Å²) in [7, 11) is 0. The van der Waals surface area contributed by atoms with Crippen LogP contribution in [-0.4, -0.2) is 12.6 Å². The van der Waals surface area contributed by atoms with Crippen molar-refractivity contribution in [3.8, 4) is 0 Å². The van der Waals surface area contributed by atoms with Gasteiger partial charge in [-0.05, 0) is 19.3 Å². The van der Waals surface area contributed by atoms with E-state index >= 15 is 0 Å². The van der Waals surface area contributed by atoms with Gasteiger partial charge in [0.1, 0.15) is 0 Å². The average molecular weight is 138 g/mol. The molecular formula is C8H14N2. The van der Waals surface area contributed by atoms with Crippen molar-refractivity contribution in [1.29, 1.82) is 0 Å². The molecule has 0 aromatic heterocycles. The summed E-state index contributed by atoms with van der Waals surface area (Å²) in [5.41, 5.74) is 7.90. The molecule has 10 heavy (non-hydrogen) atoms. The van der Waals surface area contributed by atoms with Gasteiger partial charge in [0.2, 0.25) is 0 Å². The van der Waals surface area contributed by atoms with E-state index in [4.69, 9.17) is 0 Å². The third kappa shape index (κ3) is 0.879. The van der Waals surface area contributed by atoms with Crippen LogP contribution in [0.25, 0.3) is 0 Å². The minimum absolute atomic E-state index is 0.682. The van der Waals surface area contributed by atoms with Crippen LogP contribution in [0.4, 0.5) is 0 Å². The van der Waals surface area contributed by atoms with Crippen LogP contribution in [0.1, 0.15) is 19.3 Å². The lowest BCUT2D eigenvalue weighted by Gasteiger charge is -2.25. The van der Waals surface area contributed by atoms with Crippen LogP contribution in [0, 0.1) is 5.92 Å². The van der Waals surface area contributed by atoms with Crippen LogP contribution in [0.15, 0.2) is 12.2 Å². The maximum Gasteiger partial charge on any atom is 0.0291 e. The minimum Gasteiger partial charge on any atom is -0.257 e. The van der Waals surface area contributed by atoms with E-state index in [1.807, 2.05) is 0 Å². The average Bonchev–Trinajstić information content (AvgIpc) is 2.36.